The van der Waals surface area contributed by atoms with E-state index in [-0.39, 0.29) is 26.8 Å². The zero-order chi connectivity index (χ0) is 6.85. The molecule has 1 unspecified atom stereocenters. The lowest BCUT2D eigenvalue weighted by atomic mass is 10.2. The number of hydrogen-bond donors (Lipinski definition) is 2. The highest BCUT2D eigenvalue weighted by Crippen LogP contribution is 2.08. The number of amides is 1. The maximum atomic E-state index is 12.3. The van der Waals surface area contributed by atoms with E-state index in [1.165, 1.54) is 0 Å². The van der Waals surface area contributed by atoms with Gasteiger partial charge in [-0.2, -0.15) is 0 Å². The number of hydrogen-bond acceptors (Lipinski definition) is 2. The number of carbonyl (C=O) groups excluding carboxylic acids is 1. The van der Waals surface area contributed by atoms with Gasteiger partial charge >= 0.3 is 1.43 Å². The SMILES string of the molecule is NC(=O)[C@@H]1CC(F)CN1.[Cl-].[H+]. The minimum atomic E-state index is -0.900. The third-order valence-corrected chi connectivity index (χ3v) is 1.42. The lowest BCUT2D eigenvalue weighted by Gasteiger charge is -2.00. The number of alkyl halides is 1. The smallest absolute Gasteiger partial charge is 1.00 e. The quantitative estimate of drug-likeness (QED) is 0.423. The summed E-state index contributed by atoms with van der Waals surface area (Å²) >= 11 is 0. The first-order valence-electron chi connectivity index (χ1n) is 2.87. The van der Waals surface area contributed by atoms with Crippen LogP contribution >= 0.6 is 0 Å². The first-order chi connectivity index (χ1) is 4.20. The van der Waals surface area contributed by atoms with Crippen LogP contribution in [0.3, 0.4) is 0 Å². The minimum absolute atomic E-state index is 0. The Bertz CT molecular complexity index is 138. The van der Waals surface area contributed by atoms with Crippen LogP contribution < -0.4 is 23.5 Å². The van der Waals surface area contributed by atoms with Crippen molar-refractivity contribution in [3.05, 3.63) is 0 Å². The molecule has 1 amide bonds. The molecule has 1 aliphatic heterocycles. The summed E-state index contributed by atoms with van der Waals surface area (Å²) in [5, 5.41) is 2.66. The molecule has 0 radical (unpaired) electrons. The molecule has 2 atom stereocenters. The zero-order valence-corrected chi connectivity index (χ0v) is 6.07. The van der Waals surface area contributed by atoms with E-state index in [0.29, 0.717) is 0 Å². The van der Waals surface area contributed by atoms with Crippen LogP contribution in [0.25, 0.3) is 0 Å². The molecule has 0 saturated carbocycles. The molecule has 0 aliphatic carbocycles. The van der Waals surface area contributed by atoms with Crippen molar-refractivity contribution in [1.29, 1.82) is 0 Å². The molecule has 1 rings (SSSR count). The van der Waals surface area contributed by atoms with Crippen molar-refractivity contribution in [3.8, 4) is 0 Å². The van der Waals surface area contributed by atoms with Crippen molar-refractivity contribution >= 4 is 5.91 Å². The third kappa shape index (κ3) is 2.11. The van der Waals surface area contributed by atoms with Crippen molar-refractivity contribution in [1.82, 2.24) is 5.32 Å². The van der Waals surface area contributed by atoms with Crippen molar-refractivity contribution in [2.45, 2.75) is 18.6 Å². The molecule has 5 heteroatoms. The lowest BCUT2D eigenvalue weighted by molar-refractivity contribution is -0.119. The number of carbonyl (C=O) groups is 1. The van der Waals surface area contributed by atoms with Crippen LogP contribution in [-0.2, 0) is 4.79 Å². The monoisotopic (exact) mass is 168 g/mol. The topological polar surface area (TPSA) is 55.1 Å². The van der Waals surface area contributed by atoms with Crippen LogP contribution in [0.4, 0.5) is 4.39 Å². The predicted molar refractivity (Wildman–Crippen MR) is 31.6 cm³/mol. The van der Waals surface area contributed by atoms with Crippen LogP contribution in [-0.4, -0.2) is 24.7 Å². The first kappa shape index (κ1) is 9.65. The summed E-state index contributed by atoms with van der Waals surface area (Å²) in [4.78, 5) is 10.3. The van der Waals surface area contributed by atoms with Gasteiger partial charge in [-0.1, -0.05) is 0 Å². The Hall–Kier alpha value is -0.350. The first-order valence-corrected chi connectivity index (χ1v) is 2.87. The number of primary amides is 1. The molecule has 10 heavy (non-hydrogen) atoms. The molecule has 1 aliphatic rings. The van der Waals surface area contributed by atoms with E-state index < -0.39 is 18.1 Å². The Morgan fingerprint density at radius 2 is 2.40 bits per heavy atom. The molecule has 0 bridgehead atoms. The van der Waals surface area contributed by atoms with Crippen LogP contribution in [0.5, 0.6) is 0 Å². The molecule has 3 nitrogen and oxygen atoms in total. The second kappa shape index (κ2) is 3.73. The van der Waals surface area contributed by atoms with E-state index in [9.17, 15) is 9.18 Å². The summed E-state index contributed by atoms with van der Waals surface area (Å²) in [6.07, 6.45) is -0.669. The fraction of sp³-hybridized carbons (Fsp3) is 0.800. The van der Waals surface area contributed by atoms with Gasteiger partial charge < -0.3 is 23.5 Å². The second-order valence-corrected chi connectivity index (χ2v) is 2.20. The number of halogens is 2. The standard InChI is InChI=1S/C5H9FN2O.ClH/c6-3-1-4(5(7)9)8-2-3;/h3-4,8H,1-2H2,(H2,7,9);1H/t3?,4-;/m0./s1. The van der Waals surface area contributed by atoms with Crippen LogP contribution in [0, 0.1) is 0 Å². The van der Waals surface area contributed by atoms with Gasteiger partial charge in [-0.15, -0.1) is 0 Å². The molecule has 3 N–H and O–H groups in total. The highest BCUT2D eigenvalue weighted by Gasteiger charge is 2.26. The molecule has 0 aromatic heterocycles. The fourth-order valence-electron chi connectivity index (χ4n) is 0.909. The van der Waals surface area contributed by atoms with Crippen molar-refractivity contribution < 1.29 is 23.0 Å². The van der Waals surface area contributed by atoms with Gasteiger partial charge in [0.25, 0.3) is 0 Å². The average Bonchev–Trinajstić information content (AvgIpc) is 2.14. The lowest BCUT2D eigenvalue weighted by Crippen LogP contribution is -3.00. The van der Waals surface area contributed by atoms with E-state index in [4.69, 9.17) is 5.73 Å². The fourth-order valence-corrected chi connectivity index (χ4v) is 0.909. The van der Waals surface area contributed by atoms with E-state index in [1.807, 2.05) is 0 Å². The van der Waals surface area contributed by atoms with Gasteiger partial charge in [0.2, 0.25) is 5.91 Å². The minimum Gasteiger partial charge on any atom is -1.00 e. The van der Waals surface area contributed by atoms with E-state index in [1.54, 1.807) is 0 Å². The Kier molecular flexibility index (Phi) is 3.60. The molecule has 1 saturated heterocycles. The number of rotatable bonds is 1. The molecule has 0 aromatic carbocycles. The maximum absolute atomic E-state index is 12.3. The molecular weight excluding hydrogens is 159 g/mol. The normalized spacial score (nSPS) is 31.3. The van der Waals surface area contributed by atoms with Gasteiger partial charge in [0.05, 0.1) is 6.04 Å². The van der Waals surface area contributed by atoms with Crippen LogP contribution in [0.1, 0.15) is 7.85 Å². The maximum Gasteiger partial charge on any atom is 1.00 e. The Labute approximate surface area is 66.0 Å². The number of nitrogens with two attached hydrogens (primary N) is 1. The van der Waals surface area contributed by atoms with Gasteiger partial charge in [0.15, 0.2) is 0 Å². The van der Waals surface area contributed by atoms with Crippen LogP contribution in [0.2, 0.25) is 0 Å². The van der Waals surface area contributed by atoms with Crippen LogP contribution in [0.15, 0.2) is 0 Å². The van der Waals surface area contributed by atoms with Gasteiger partial charge in [-0.3, -0.25) is 4.79 Å². The van der Waals surface area contributed by atoms with Gasteiger partial charge in [0, 0.05) is 13.0 Å². The molecule has 1 heterocycles. The van der Waals surface area contributed by atoms with Gasteiger partial charge in [-0.05, 0) is 0 Å². The highest BCUT2D eigenvalue weighted by atomic mass is 35.5. The predicted octanol–water partition coefficient (Wildman–Crippen LogP) is -3.71. The van der Waals surface area contributed by atoms with Gasteiger partial charge in [0.1, 0.15) is 6.17 Å². The van der Waals surface area contributed by atoms with E-state index >= 15 is 0 Å². The molecular formula is C5H10ClFN2O. The average molecular weight is 169 g/mol. The molecule has 0 aromatic rings. The van der Waals surface area contributed by atoms with Crippen molar-refractivity contribution in [2.24, 2.45) is 5.73 Å². The largest absolute Gasteiger partial charge is 1.00 e. The summed E-state index contributed by atoms with van der Waals surface area (Å²) in [7, 11) is 0. The second-order valence-electron chi connectivity index (χ2n) is 2.20. The zero-order valence-electron chi connectivity index (χ0n) is 6.31. The van der Waals surface area contributed by atoms with Gasteiger partial charge in [-0.25, -0.2) is 4.39 Å². The van der Waals surface area contributed by atoms with Crippen molar-refractivity contribution in [3.63, 3.8) is 0 Å². The summed E-state index contributed by atoms with van der Waals surface area (Å²) < 4.78 is 12.3. The Morgan fingerprint density at radius 1 is 1.80 bits per heavy atom. The van der Waals surface area contributed by atoms with E-state index in [0.717, 1.165) is 0 Å². The molecule has 1 fully saturated rings. The Balaban J connectivity index is 0. The summed E-state index contributed by atoms with van der Waals surface area (Å²) in [6.45, 7) is 0.258. The highest BCUT2D eigenvalue weighted by molar-refractivity contribution is 5.80. The molecule has 60 valence electrons. The van der Waals surface area contributed by atoms with E-state index in [2.05, 4.69) is 5.32 Å². The number of nitrogens with one attached hydrogen (secondary N) is 1. The molecule has 0 spiro atoms. The summed E-state index contributed by atoms with van der Waals surface area (Å²) in [6, 6.07) is -0.444. The summed E-state index contributed by atoms with van der Waals surface area (Å²) in [5.74, 6) is -0.463. The third-order valence-electron chi connectivity index (χ3n) is 1.42. The Morgan fingerprint density at radius 3 is 2.60 bits per heavy atom. The summed E-state index contributed by atoms with van der Waals surface area (Å²) in [5.41, 5.74) is 4.89. The van der Waals surface area contributed by atoms with Crippen molar-refractivity contribution in [2.75, 3.05) is 6.54 Å².